The van der Waals surface area contributed by atoms with Gasteiger partial charge in [-0.15, -0.1) is 0 Å². The number of benzene rings is 1. The first-order valence-corrected chi connectivity index (χ1v) is 8.66. The molecule has 1 aliphatic rings. The monoisotopic (exact) mass is 306 g/mol. The zero-order valence-corrected chi connectivity index (χ0v) is 12.5. The van der Waals surface area contributed by atoms with Crippen molar-refractivity contribution in [1.29, 1.82) is 0 Å². The summed E-state index contributed by atoms with van der Waals surface area (Å²) in [5.41, 5.74) is 0.761. The van der Waals surface area contributed by atoms with Crippen molar-refractivity contribution in [1.82, 2.24) is 9.71 Å². The number of oxazole rings is 1. The van der Waals surface area contributed by atoms with Gasteiger partial charge < -0.3 is 4.42 Å². The summed E-state index contributed by atoms with van der Waals surface area (Å²) < 4.78 is 32.7. The lowest BCUT2D eigenvalue weighted by Gasteiger charge is -2.22. The second kappa shape index (κ2) is 5.99. The van der Waals surface area contributed by atoms with Gasteiger partial charge in [-0.25, -0.2) is 18.1 Å². The van der Waals surface area contributed by atoms with Crippen LogP contribution in [0.1, 0.15) is 32.1 Å². The molecule has 6 heteroatoms. The molecule has 1 saturated carbocycles. The minimum atomic E-state index is -3.45. The van der Waals surface area contributed by atoms with Gasteiger partial charge in [0.1, 0.15) is 6.26 Å². The highest BCUT2D eigenvalue weighted by Crippen LogP contribution is 2.22. The lowest BCUT2D eigenvalue weighted by atomic mass is 9.96. The van der Waals surface area contributed by atoms with Crippen LogP contribution in [0.4, 0.5) is 0 Å². The molecular formula is C15H18N2O3S. The molecule has 112 valence electrons. The van der Waals surface area contributed by atoms with Gasteiger partial charge in [-0.3, -0.25) is 0 Å². The van der Waals surface area contributed by atoms with Crippen molar-refractivity contribution < 1.29 is 12.8 Å². The molecule has 0 aliphatic heterocycles. The average molecular weight is 306 g/mol. The van der Waals surface area contributed by atoms with Crippen molar-refractivity contribution in [3.05, 3.63) is 36.7 Å². The fraction of sp³-hybridized carbons (Fsp3) is 0.400. The van der Waals surface area contributed by atoms with Gasteiger partial charge in [0.2, 0.25) is 15.9 Å². The van der Waals surface area contributed by atoms with Crippen LogP contribution in [0.2, 0.25) is 0 Å². The Morgan fingerprint density at radius 1 is 1.10 bits per heavy atom. The molecule has 21 heavy (non-hydrogen) atoms. The lowest BCUT2D eigenvalue weighted by Crippen LogP contribution is -2.36. The maximum Gasteiger partial charge on any atom is 0.240 e. The lowest BCUT2D eigenvalue weighted by molar-refractivity contribution is 0.412. The standard InChI is InChI=1S/C15H18N2O3S/c18-21(19,17-13-4-2-1-3-5-13)14-8-6-12(7-9-14)15-16-10-11-20-15/h6-11,13,17H,1-5H2. The molecule has 0 bridgehead atoms. The van der Waals surface area contributed by atoms with Gasteiger partial charge in [0.15, 0.2) is 0 Å². The second-order valence-electron chi connectivity index (χ2n) is 5.32. The molecule has 0 atom stereocenters. The molecular weight excluding hydrogens is 288 g/mol. The number of nitrogens with one attached hydrogen (secondary N) is 1. The Hall–Kier alpha value is -1.66. The Labute approximate surface area is 124 Å². The number of aromatic nitrogens is 1. The molecule has 2 aromatic rings. The van der Waals surface area contributed by atoms with Crippen LogP contribution in [0, 0.1) is 0 Å². The average Bonchev–Trinajstić information content (AvgIpc) is 3.02. The highest BCUT2D eigenvalue weighted by Gasteiger charge is 2.21. The summed E-state index contributed by atoms with van der Waals surface area (Å²) in [6.45, 7) is 0. The van der Waals surface area contributed by atoms with Crippen molar-refractivity contribution in [2.75, 3.05) is 0 Å². The van der Waals surface area contributed by atoms with Gasteiger partial charge in [-0.1, -0.05) is 19.3 Å². The minimum absolute atomic E-state index is 0.0650. The summed E-state index contributed by atoms with van der Waals surface area (Å²) in [5, 5.41) is 0. The van der Waals surface area contributed by atoms with Crippen molar-refractivity contribution in [2.24, 2.45) is 0 Å². The van der Waals surface area contributed by atoms with Crippen molar-refractivity contribution in [3.63, 3.8) is 0 Å². The van der Waals surface area contributed by atoms with Gasteiger partial charge in [-0.2, -0.15) is 0 Å². The Kier molecular flexibility index (Phi) is 4.07. The van der Waals surface area contributed by atoms with E-state index in [1.54, 1.807) is 30.5 Å². The van der Waals surface area contributed by atoms with Crippen molar-refractivity contribution in [2.45, 2.75) is 43.0 Å². The van der Waals surface area contributed by atoms with Gasteiger partial charge in [-0.05, 0) is 37.1 Å². The first-order valence-electron chi connectivity index (χ1n) is 7.17. The first kappa shape index (κ1) is 14.3. The van der Waals surface area contributed by atoms with Crippen LogP contribution >= 0.6 is 0 Å². The molecule has 1 aromatic heterocycles. The van der Waals surface area contributed by atoms with E-state index in [4.69, 9.17) is 4.42 Å². The van der Waals surface area contributed by atoms with Crippen LogP contribution in [0.5, 0.6) is 0 Å². The Balaban J connectivity index is 1.76. The van der Waals surface area contributed by atoms with Gasteiger partial charge in [0, 0.05) is 11.6 Å². The largest absolute Gasteiger partial charge is 0.445 e. The normalized spacial score (nSPS) is 17.0. The van der Waals surface area contributed by atoms with Crippen LogP contribution < -0.4 is 4.72 Å². The van der Waals surface area contributed by atoms with Crippen LogP contribution in [0.3, 0.4) is 0 Å². The van der Waals surface area contributed by atoms with Crippen molar-refractivity contribution >= 4 is 10.0 Å². The molecule has 3 rings (SSSR count). The summed E-state index contributed by atoms with van der Waals surface area (Å²) in [6.07, 6.45) is 8.28. The van der Waals surface area contributed by atoms with Gasteiger partial charge in [0.05, 0.1) is 11.1 Å². The summed E-state index contributed by atoms with van der Waals surface area (Å²) in [7, 11) is -3.45. The van der Waals surface area contributed by atoms with Crippen LogP contribution in [0.15, 0.2) is 46.0 Å². The summed E-state index contributed by atoms with van der Waals surface area (Å²) >= 11 is 0. The number of sulfonamides is 1. The van der Waals surface area contributed by atoms with E-state index < -0.39 is 10.0 Å². The van der Waals surface area contributed by atoms with Crippen molar-refractivity contribution in [3.8, 4) is 11.5 Å². The number of hydrogen-bond donors (Lipinski definition) is 1. The molecule has 1 heterocycles. The van der Waals surface area contributed by atoms with Crippen LogP contribution in [0.25, 0.3) is 11.5 Å². The molecule has 1 fully saturated rings. The Morgan fingerprint density at radius 3 is 2.43 bits per heavy atom. The Bertz CT molecular complexity index is 672. The molecule has 0 unspecified atom stereocenters. The van der Waals surface area contributed by atoms with E-state index in [0.717, 1.165) is 31.2 Å². The second-order valence-corrected chi connectivity index (χ2v) is 7.03. The molecule has 0 amide bonds. The molecule has 1 aliphatic carbocycles. The van der Waals surface area contributed by atoms with E-state index in [1.807, 2.05) is 0 Å². The zero-order chi connectivity index (χ0) is 14.7. The topological polar surface area (TPSA) is 72.2 Å². The summed E-state index contributed by atoms with van der Waals surface area (Å²) in [6, 6.07) is 6.66. The molecule has 5 nitrogen and oxygen atoms in total. The predicted molar refractivity (Wildman–Crippen MR) is 79.1 cm³/mol. The molecule has 1 aromatic carbocycles. The first-order chi connectivity index (χ1) is 10.1. The third kappa shape index (κ3) is 3.33. The van der Waals surface area contributed by atoms with Crippen LogP contribution in [-0.2, 0) is 10.0 Å². The molecule has 0 saturated heterocycles. The number of hydrogen-bond acceptors (Lipinski definition) is 4. The fourth-order valence-electron chi connectivity index (χ4n) is 2.65. The van der Waals surface area contributed by atoms with E-state index in [2.05, 4.69) is 9.71 Å². The predicted octanol–water partition coefficient (Wildman–Crippen LogP) is 2.95. The van der Waals surface area contributed by atoms with E-state index in [-0.39, 0.29) is 10.9 Å². The minimum Gasteiger partial charge on any atom is -0.445 e. The maximum atomic E-state index is 12.3. The van der Waals surface area contributed by atoms with Gasteiger partial charge >= 0.3 is 0 Å². The van der Waals surface area contributed by atoms with E-state index >= 15 is 0 Å². The van der Waals surface area contributed by atoms with Crippen LogP contribution in [-0.4, -0.2) is 19.4 Å². The smallest absolute Gasteiger partial charge is 0.240 e. The summed E-state index contributed by atoms with van der Waals surface area (Å²) in [5.74, 6) is 0.485. The number of rotatable bonds is 4. The SMILES string of the molecule is O=S(=O)(NC1CCCCC1)c1ccc(-c2ncco2)cc1. The molecule has 0 spiro atoms. The highest BCUT2D eigenvalue weighted by atomic mass is 32.2. The third-order valence-corrected chi connectivity index (χ3v) is 5.31. The number of nitrogens with zero attached hydrogens (tertiary/aromatic N) is 1. The third-order valence-electron chi connectivity index (χ3n) is 3.77. The highest BCUT2D eigenvalue weighted by molar-refractivity contribution is 7.89. The molecule has 0 radical (unpaired) electrons. The zero-order valence-electron chi connectivity index (χ0n) is 11.7. The summed E-state index contributed by atoms with van der Waals surface area (Å²) in [4.78, 5) is 4.32. The maximum absolute atomic E-state index is 12.3. The fourth-order valence-corrected chi connectivity index (χ4v) is 3.96. The van der Waals surface area contributed by atoms with E-state index in [0.29, 0.717) is 5.89 Å². The van der Waals surface area contributed by atoms with Gasteiger partial charge in [0.25, 0.3) is 0 Å². The molecule has 1 N–H and O–H groups in total. The van der Waals surface area contributed by atoms with E-state index in [1.165, 1.54) is 12.7 Å². The van der Waals surface area contributed by atoms with E-state index in [9.17, 15) is 8.42 Å². The Morgan fingerprint density at radius 2 is 1.81 bits per heavy atom. The quantitative estimate of drug-likeness (QED) is 0.942.